The zero-order valence-corrected chi connectivity index (χ0v) is 12.2. The van der Waals surface area contributed by atoms with Crippen LogP contribution in [0, 0.1) is 0 Å². The highest BCUT2D eigenvalue weighted by Gasteiger charge is 2.10. The monoisotopic (exact) mass is 303 g/mol. The van der Waals surface area contributed by atoms with Gasteiger partial charge in [-0.1, -0.05) is 54.6 Å². The second-order valence-electron chi connectivity index (χ2n) is 5.40. The Morgan fingerprint density at radius 1 is 0.783 bits per heavy atom. The molecule has 0 aliphatic heterocycles. The summed E-state index contributed by atoms with van der Waals surface area (Å²) < 4.78 is 6.36. The first-order valence-electron chi connectivity index (χ1n) is 7.33. The first-order chi connectivity index (χ1) is 11.2. The topological polar surface area (TPSA) is 52.2 Å². The van der Waals surface area contributed by atoms with Gasteiger partial charge in [-0.15, -0.1) is 0 Å². The van der Waals surface area contributed by atoms with Gasteiger partial charge in [-0.3, -0.25) is 4.57 Å². The molecule has 0 aliphatic carbocycles. The van der Waals surface area contributed by atoms with Crippen LogP contribution in [0.4, 0.5) is 0 Å². The summed E-state index contributed by atoms with van der Waals surface area (Å²) in [6, 6.07) is 21.0. The zero-order valence-electron chi connectivity index (χ0n) is 12.2. The molecule has 0 N–H and O–H groups in total. The van der Waals surface area contributed by atoms with Crippen molar-refractivity contribution < 1.29 is 4.42 Å². The predicted molar refractivity (Wildman–Crippen MR) is 89.8 cm³/mol. The average Bonchev–Trinajstić information content (AvgIpc) is 2.59. The van der Waals surface area contributed by atoms with Crippen LogP contribution in [0.25, 0.3) is 21.7 Å². The van der Waals surface area contributed by atoms with Crippen LogP contribution in [0.2, 0.25) is 0 Å². The van der Waals surface area contributed by atoms with E-state index in [-0.39, 0.29) is 0 Å². The van der Waals surface area contributed by atoms with E-state index in [1.807, 2.05) is 42.5 Å². The van der Waals surface area contributed by atoms with Gasteiger partial charge in [-0.25, -0.2) is 9.59 Å². The van der Waals surface area contributed by atoms with E-state index < -0.39 is 11.4 Å². The SMILES string of the molecule is O=c1oc(=O)n(Cc2cccc3ccccc23)c2ccccc12. The van der Waals surface area contributed by atoms with Gasteiger partial charge in [-0.05, 0) is 28.5 Å². The molecule has 0 amide bonds. The fraction of sp³-hybridized carbons (Fsp3) is 0.0526. The Labute approximate surface area is 131 Å². The maximum atomic E-state index is 12.2. The first kappa shape index (κ1) is 13.5. The standard InChI is InChI=1S/C19H13NO3/c21-18-16-10-3-4-11-17(16)20(19(22)23-18)12-14-8-5-7-13-6-1-2-9-15(13)14/h1-11H,12H2. The minimum atomic E-state index is -0.637. The maximum Gasteiger partial charge on any atom is 0.422 e. The second-order valence-corrected chi connectivity index (χ2v) is 5.40. The van der Waals surface area contributed by atoms with Crippen molar-refractivity contribution in [3.63, 3.8) is 0 Å². The Hall–Kier alpha value is -3.14. The molecule has 0 atom stereocenters. The van der Waals surface area contributed by atoms with E-state index in [0.29, 0.717) is 17.4 Å². The Kier molecular flexibility index (Phi) is 3.08. The van der Waals surface area contributed by atoms with Crippen LogP contribution in [-0.2, 0) is 6.54 Å². The molecule has 4 rings (SSSR count). The van der Waals surface area contributed by atoms with Crippen LogP contribution in [0.1, 0.15) is 5.56 Å². The fourth-order valence-electron chi connectivity index (χ4n) is 2.92. The van der Waals surface area contributed by atoms with Crippen molar-refractivity contribution in [2.75, 3.05) is 0 Å². The molecule has 0 aliphatic rings. The molecule has 112 valence electrons. The van der Waals surface area contributed by atoms with Gasteiger partial charge in [0.15, 0.2) is 0 Å². The van der Waals surface area contributed by atoms with Gasteiger partial charge < -0.3 is 4.42 Å². The average molecular weight is 303 g/mol. The lowest BCUT2D eigenvalue weighted by Gasteiger charge is -2.10. The summed E-state index contributed by atoms with van der Waals surface area (Å²) in [5.41, 5.74) is 0.991. The molecule has 4 heteroatoms. The van der Waals surface area contributed by atoms with Gasteiger partial charge >= 0.3 is 11.4 Å². The van der Waals surface area contributed by atoms with Gasteiger partial charge in [0.05, 0.1) is 17.4 Å². The Balaban J connectivity index is 1.97. The van der Waals surface area contributed by atoms with E-state index in [0.717, 1.165) is 16.3 Å². The molecular formula is C19H13NO3. The largest absolute Gasteiger partial charge is 0.422 e. The molecule has 0 radical (unpaired) electrons. The lowest BCUT2D eigenvalue weighted by Crippen LogP contribution is -2.25. The number of benzene rings is 3. The third kappa shape index (κ3) is 2.25. The van der Waals surface area contributed by atoms with Gasteiger partial charge in [0, 0.05) is 0 Å². The molecule has 1 aromatic heterocycles. The summed E-state index contributed by atoms with van der Waals surface area (Å²) in [4.78, 5) is 24.0. The third-order valence-corrected chi connectivity index (χ3v) is 4.02. The zero-order chi connectivity index (χ0) is 15.8. The van der Waals surface area contributed by atoms with E-state index in [1.54, 1.807) is 24.3 Å². The van der Waals surface area contributed by atoms with Crippen molar-refractivity contribution in [3.8, 4) is 0 Å². The van der Waals surface area contributed by atoms with E-state index in [1.165, 1.54) is 4.57 Å². The Morgan fingerprint density at radius 3 is 2.35 bits per heavy atom. The van der Waals surface area contributed by atoms with E-state index in [2.05, 4.69) is 0 Å². The molecule has 4 nitrogen and oxygen atoms in total. The summed E-state index contributed by atoms with van der Waals surface area (Å²) in [7, 11) is 0. The van der Waals surface area contributed by atoms with E-state index in [9.17, 15) is 9.59 Å². The lowest BCUT2D eigenvalue weighted by atomic mass is 10.0. The van der Waals surface area contributed by atoms with Crippen LogP contribution in [0.5, 0.6) is 0 Å². The van der Waals surface area contributed by atoms with Crippen LogP contribution in [-0.4, -0.2) is 4.57 Å². The second kappa shape index (κ2) is 5.25. The highest BCUT2D eigenvalue weighted by molar-refractivity contribution is 5.86. The summed E-state index contributed by atoms with van der Waals surface area (Å²) in [6.07, 6.45) is 0. The Morgan fingerprint density at radius 2 is 1.48 bits per heavy atom. The molecule has 3 aromatic carbocycles. The lowest BCUT2D eigenvalue weighted by molar-refractivity contribution is 0.425. The minimum Gasteiger partial charge on any atom is -0.372 e. The van der Waals surface area contributed by atoms with Gasteiger partial charge in [-0.2, -0.15) is 0 Å². The van der Waals surface area contributed by atoms with Crippen molar-refractivity contribution in [2.45, 2.75) is 6.54 Å². The number of para-hydroxylation sites is 1. The smallest absolute Gasteiger partial charge is 0.372 e. The van der Waals surface area contributed by atoms with Crippen molar-refractivity contribution in [3.05, 3.63) is 93.3 Å². The third-order valence-electron chi connectivity index (χ3n) is 4.02. The highest BCUT2D eigenvalue weighted by Crippen LogP contribution is 2.20. The van der Waals surface area contributed by atoms with Crippen molar-refractivity contribution >= 4 is 21.7 Å². The number of hydrogen-bond donors (Lipinski definition) is 0. The van der Waals surface area contributed by atoms with E-state index >= 15 is 0 Å². The van der Waals surface area contributed by atoms with Gasteiger partial charge in [0.1, 0.15) is 0 Å². The number of fused-ring (bicyclic) bond motifs is 2. The molecule has 1 heterocycles. The number of aromatic nitrogens is 1. The summed E-state index contributed by atoms with van der Waals surface area (Å²) >= 11 is 0. The summed E-state index contributed by atoms with van der Waals surface area (Å²) in [5.74, 6) is -0.637. The fourth-order valence-corrected chi connectivity index (χ4v) is 2.92. The van der Waals surface area contributed by atoms with Crippen molar-refractivity contribution in [1.29, 1.82) is 0 Å². The Bertz CT molecular complexity index is 1130. The molecule has 0 spiro atoms. The van der Waals surface area contributed by atoms with Crippen LogP contribution in [0.15, 0.2) is 80.7 Å². The molecular weight excluding hydrogens is 290 g/mol. The summed E-state index contributed by atoms with van der Waals surface area (Å²) in [5, 5.41) is 2.60. The predicted octanol–water partition coefficient (Wildman–Crippen LogP) is 3.16. The van der Waals surface area contributed by atoms with Crippen LogP contribution in [0.3, 0.4) is 0 Å². The van der Waals surface area contributed by atoms with Gasteiger partial charge in [0.2, 0.25) is 0 Å². The van der Waals surface area contributed by atoms with E-state index in [4.69, 9.17) is 4.42 Å². The number of nitrogens with zero attached hydrogens (tertiary/aromatic N) is 1. The quantitative estimate of drug-likeness (QED) is 0.571. The molecule has 23 heavy (non-hydrogen) atoms. The molecule has 0 fully saturated rings. The maximum absolute atomic E-state index is 12.2. The summed E-state index contributed by atoms with van der Waals surface area (Å²) in [6.45, 7) is 0.352. The number of hydrogen-bond acceptors (Lipinski definition) is 3. The number of rotatable bonds is 2. The molecule has 0 saturated carbocycles. The van der Waals surface area contributed by atoms with Crippen LogP contribution < -0.4 is 11.4 Å². The molecule has 0 saturated heterocycles. The minimum absolute atomic E-state index is 0.352. The first-order valence-corrected chi connectivity index (χ1v) is 7.33. The molecule has 0 unspecified atom stereocenters. The van der Waals surface area contributed by atoms with Crippen LogP contribution >= 0.6 is 0 Å². The van der Waals surface area contributed by atoms with Crippen molar-refractivity contribution in [2.24, 2.45) is 0 Å². The highest BCUT2D eigenvalue weighted by atomic mass is 16.4. The normalized spacial score (nSPS) is 11.1. The molecule has 0 bridgehead atoms. The molecule has 4 aromatic rings. The van der Waals surface area contributed by atoms with Crippen molar-refractivity contribution in [1.82, 2.24) is 4.57 Å². The van der Waals surface area contributed by atoms with Gasteiger partial charge in [0.25, 0.3) is 0 Å².